The Morgan fingerprint density at radius 1 is 0.913 bits per heavy atom. The predicted molar refractivity (Wildman–Crippen MR) is 66.1 cm³/mol. The molecule has 0 spiro atoms. The number of ether oxygens (including phenoxy) is 1. The van der Waals surface area contributed by atoms with Crippen molar-refractivity contribution in [2.24, 2.45) is 0 Å². The molecule has 0 aromatic heterocycles. The lowest BCUT2D eigenvalue weighted by atomic mass is 10.0. The first-order valence-corrected chi connectivity index (χ1v) is 9.50. The highest BCUT2D eigenvalue weighted by atomic mass is 32.3. The van der Waals surface area contributed by atoms with Crippen molar-refractivity contribution in [2.75, 3.05) is 13.2 Å². The third-order valence-corrected chi connectivity index (χ3v) is 3.81. The fraction of sp³-hybridized carbons (Fsp3) is 1.00. The number of rotatable bonds is 7. The van der Waals surface area contributed by atoms with Gasteiger partial charge in [-0.3, -0.25) is 13.7 Å². The Morgan fingerprint density at radius 2 is 1.43 bits per heavy atom. The van der Waals surface area contributed by atoms with E-state index in [1.54, 1.807) is 0 Å². The molecule has 0 aromatic carbocycles. The van der Waals surface area contributed by atoms with E-state index in [9.17, 15) is 30.4 Å². The first-order chi connectivity index (χ1) is 10.2. The molecule has 23 heavy (non-hydrogen) atoms. The van der Waals surface area contributed by atoms with Gasteiger partial charge in [-0.2, -0.15) is 25.3 Å². The van der Waals surface area contributed by atoms with Crippen LogP contribution in [0, 0.1) is 0 Å². The maximum atomic E-state index is 10.7. The Morgan fingerprint density at radius 3 is 1.87 bits per heavy atom. The molecule has 0 radical (unpaired) electrons. The second kappa shape index (κ2) is 7.19. The van der Waals surface area contributed by atoms with Gasteiger partial charge in [-0.25, -0.2) is 12.5 Å². The van der Waals surface area contributed by atoms with Crippen LogP contribution >= 0.6 is 0 Å². The zero-order valence-electron chi connectivity index (χ0n) is 10.8. The molecule has 1 fully saturated rings. The standard InChI is InChI=1S/C6H12O14S3/c7-5-3(19-22(11,12)13)1-17-4(2-18-21(8,9)10)6(5)20-23(14,15)16/h3-7H,1-2H2,(H,8,9,10)(H,11,12,13)(H,14,15,16). The van der Waals surface area contributed by atoms with Crippen LogP contribution in [0.5, 0.6) is 0 Å². The van der Waals surface area contributed by atoms with Gasteiger partial charge in [0, 0.05) is 0 Å². The van der Waals surface area contributed by atoms with Crippen LogP contribution in [0.25, 0.3) is 0 Å². The summed E-state index contributed by atoms with van der Waals surface area (Å²) in [6.07, 6.45) is -7.69. The highest BCUT2D eigenvalue weighted by molar-refractivity contribution is 7.81. The molecule has 4 atom stereocenters. The molecule has 0 bridgehead atoms. The first-order valence-electron chi connectivity index (χ1n) is 5.41. The molecule has 4 N–H and O–H groups in total. The van der Waals surface area contributed by atoms with Crippen LogP contribution in [0.1, 0.15) is 0 Å². The lowest BCUT2D eigenvalue weighted by Gasteiger charge is -2.37. The van der Waals surface area contributed by atoms with Gasteiger partial charge in [0.25, 0.3) is 0 Å². The summed E-state index contributed by atoms with van der Waals surface area (Å²) in [5, 5.41) is 9.81. The zero-order chi connectivity index (χ0) is 18.1. The zero-order valence-corrected chi connectivity index (χ0v) is 13.3. The molecule has 1 aliphatic heterocycles. The van der Waals surface area contributed by atoms with E-state index in [-0.39, 0.29) is 0 Å². The van der Waals surface area contributed by atoms with Crippen LogP contribution in [-0.4, -0.2) is 81.6 Å². The quantitative estimate of drug-likeness (QED) is 0.309. The summed E-state index contributed by atoms with van der Waals surface area (Å²) in [5.41, 5.74) is 0. The van der Waals surface area contributed by atoms with Crippen molar-refractivity contribution >= 4 is 31.2 Å². The van der Waals surface area contributed by atoms with E-state index >= 15 is 0 Å². The van der Waals surface area contributed by atoms with Gasteiger partial charge in [-0.15, -0.1) is 0 Å². The third-order valence-electron chi connectivity index (χ3n) is 2.42. The molecule has 1 rings (SSSR count). The van der Waals surface area contributed by atoms with E-state index in [0.29, 0.717) is 0 Å². The smallest absolute Gasteiger partial charge is 0.387 e. The van der Waals surface area contributed by atoms with Gasteiger partial charge in [0.05, 0.1) is 13.2 Å². The summed E-state index contributed by atoms with van der Waals surface area (Å²) in [4.78, 5) is 0. The van der Waals surface area contributed by atoms with Crippen molar-refractivity contribution < 1.29 is 61.3 Å². The third kappa shape index (κ3) is 7.76. The van der Waals surface area contributed by atoms with E-state index in [1.807, 2.05) is 0 Å². The molecule has 4 unspecified atom stereocenters. The molecular formula is C6H12O14S3. The Hall–Kier alpha value is -0.470. The monoisotopic (exact) mass is 404 g/mol. The Balaban J connectivity index is 2.96. The van der Waals surface area contributed by atoms with Crippen LogP contribution in [0.2, 0.25) is 0 Å². The summed E-state index contributed by atoms with van der Waals surface area (Å²) in [7, 11) is -15.2. The van der Waals surface area contributed by atoms with Crippen LogP contribution in [0.4, 0.5) is 0 Å². The van der Waals surface area contributed by atoms with Crippen molar-refractivity contribution in [3.63, 3.8) is 0 Å². The van der Waals surface area contributed by atoms with Crippen molar-refractivity contribution in [2.45, 2.75) is 24.4 Å². The van der Waals surface area contributed by atoms with Crippen molar-refractivity contribution in [1.29, 1.82) is 0 Å². The van der Waals surface area contributed by atoms with Crippen LogP contribution in [0.15, 0.2) is 0 Å². The van der Waals surface area contributed by atoms with Gasteiger partial charge >= 0.3 is 31.2 Å². The van der Waals surface area contributed by atoms with Crippen LogP contribution in [-0.2, 0) is 48.5 Å². The van der Waals surface area contributed by atoms with E-state index in [2.05, 4.69) is 12.5 Å². The highest BCUT2D eigenvalue weighted by Gasteiger charge is 2.45. The summed E-state index contributed by atoms with van der Waals surface area (Å²) in [5.74, 6) is 0. The van der Waals surface area contributed by atoms with Crippen molar-refractivity contribution in [3.8, 4) is 0 Å². The first kappa shape index (κ1) is 20.6. The molecule has 17 heteroatoms. The number of aliphatic hydroxyl groups is 1. The molecular weight excluding hydrogens is 392 g/mol. The average Bonchev–Trinajstić information content (AvgIpc) is 2.29. The molecule has 138 valence electrons. The van der Waals surface area contributed by atoms with Gasteiger partial charge in [-0.1, -0.05) is 0 Å². The van der Waals surface area contributed by atoms with E-state index < -0.39 is 68.8 Å². The number of aliphatic hydroxyl groups excluding tert-OH is 1. The second-order valence-electron chi connectivity index (χ2n) is 4.13. The van der Waals surface area contributed by atoms with Crippen LogP contribution < -0.4 is 0 Å². The van der Waals surface area contributed by atoms with E-state index in [0.717, 1.165) is 0 Å². The lowest BCUT2D eigenvalue weighted by molar-refractivity contribution is -0.179. The minimum Gasteiger partial charge on any atom is -0.387 e. The molecule has 1 heterocycles. The highest BCUT2D eigenvalue weighted by Crippen LogP contribution is 2.23. The molecule has 0 aliphatic carbocycles. The van der Waals surface area contributed by atoms with Crippen molar-refractivity contribution in [1.82, 2.24) is 0 Å². The Bertz CT molecular complexity index is 704. The maximum Gasteiger partial charge on any atom is 0.397 e. The van der Waals surface area contributed by atoms with Gasteiger partial charge in [0.2, 0.25) is 0 Å². The Kier molecular flexibility index (Phi) is 6.43. The normalized spacial score (nSPS) is 30.3. The molecule has 14 nitrogen and oxygen atoms in total. The molecule has 0 amide bonds. The van der Waals surface area contributed by atoms with E-state index in [4.69, 9.17) is 18.4 Å². The maximum absolute atomic E-state index is 10.7. The van der Waals surface area contributed by atoms with Gasteiger partial charge in [-0.05, 0) is 0 Å². The fourth-order valence-corrected chi connectivity index (χ4v) is 2.95. The summed E-state index contributed by atoms with van der Waals surface area (Å²) in [6, 6.07) is 0. The summed E-state index contributed by atoms with van der Waals surface area (Å²) >= 11 is 0. The van der Waals surface area contributed by atoms with E-state index in [1.165, 1.54) is 0 Å². The Labute approximate surface area is 130 Å². The molecule has 1 saturated heterocycles. The molecule has 0 saturated carbocycles. The SMILES string of the molecule is O=S(=O)(O)OCC1OCC(OS(=O)(=O)O)C(O)C1OS(=O)(=O)O. The second-order valence-corrected chi connectivity index (χ2v) is 7.31. The average molecular weight is 404 g/mol. The minimum atomic E-state index is -5.19. The molecule has 1 aliphatic rings. The van der Waals surface area contributed by atoms with Gasteiger partial charge in [0.1, 0.15) is 24.4 Å². The molecule has 0 aromatic rings. The number of hydrogen-bond donors (Lipinski definition) is 4. The van der Waals surface area contributed by atoms with Gasteiger partial charge in [0.15, 0.2) is 0 Å². The topological polar surface area (TPSA) is 220 Å². The summed E-state index contributed by atoms with van der Waals surface area (Å²) in [6.45, 7) is -1.81. The minimum absolute atomic E-state index is 0.758. The van der Waals surface area contributed by atoms with Gasteiger partial charge < -0.3 is 9.84 Å². The largest absolute Gasteiger partial charge is 0.397 e. The predicted octanol–water partition coefficient (Wildman–Crippen LogP) is -3.06. The van der Waals surface area contributed by atoms with Crippen LogP contribution in [0.3, 0.4) is 0 Å². The fourth-order valence-electron chi connectivity index (χ4n) is 1.64. The summed E-state index contributed by atoms with van der Waals surface area (Å²) < 4.78 is 106. The lowest BCUT2D eigenvalue weighted by Crippen LogP contribution is -2.57. The van der Waals surface area contributed by atoms with Crippen molar-refractivity contribution in [3.05, 3.63) is 0 Å². The number of hydrogen-bond acceptors (Lipinski definition) is 11.